The predicted molar refractivity (Wildman–Crippen MR) is 80.1 cm³/mol. The molecule has 0 unspecified atom stereocenters. The van der Waals surface area contributed by atoms with Crippen LogP contribution in [0.25, 0.3) is 5.57 Å². The van der Waals surface area contributed by atoms with Crippen LogP contribution in [0.4, 0.5) is 4.39 Å². The van der Waals surface area contributed by atoms with Crippen LogP contribution in [-0.4, -0.2) is 5.91 Å². The van der Waals surface area contributed by atoms with Crippen molar-refractivity contribution in [1.82, 2.24) is 5.32 Å². The van der Waals surface area contributed by atoms with E-state index in [0.717, 1.165) is 17.1 Å². The van der Waals surface area contributed by atoms with Crippen molar-refractivity contribution in [3.63, 3.8) is 0 Å². The number of hydrogen-bond donors (Lipinski definition) is 1. The summed E-state index contributed by atoms with van der Waals surface area (Å²) < 4.78 is 18.5. The number of nitrogens with one attached hydrogen (secondary N) is 1. The molecule has 2 aromatic rings. The van der Waals surface area contributed by atoms with Gasteiger partial charge in [0.05, 0.1) is 0 Å². The highest BCUT2D eigenvalue weighted by Crippen LogP contribution is 2.15. The Morgan fingerprint density at radius 2 is 2.10 bits per heavy atom. The topological polar surface area (TPSA) is 42.2 Å². The lowest BCUT2D eigenvalue weighted by Crippen LogP contribution is -2.20. The van der Waals surface area contributed by atoms with Crippen molar-refractivity contribution in [2.24, 2.45) is 0 Å². The molecule has 0 spiro atoms. The van der Waals surface area contributed by atoms with Gasteiger partial charge in [0.25, 0.3) is 0 Å². The van der Waals surface area contributed by atoms with Crippen molar-refractivity contribution in [2.75, 3.05) is 0 Å². The summed E-state index contributed by atoms with van der Waals surface area (Å²) in [5.74, 6) is 1.10. The minimum Gasteiger partial charge on any atom is -0.466 e. The van der Waals surface area contributed by atoms with E-state index in [2.05, 4.69) is 5.32 Å². The first-order valence-electron chi connectivity index (χ1n) is 6.73. The highest BCUT2D eigenvalue weighted by molar-refractivity contribution is 5.94. The van der Waals surface area contributed by atoms with Crippen molar-refractivity contribution in [2.45, 2.75) is 27.3 Å². The lowest BCUT2D eigenvalue weighted by molar-refractivity contribution is -0.116. The summed E-state index contributed by atoms with van der Waals surface area (Å²) in [5, 5.41) is 2.80. The van der Waals surface area contributed by atoms with E-state index in [1.165, 1.54) is 18.2 Å². The zero-order valence-corrected chi connectivity index (χ0v) is 12.4. The summed E-state index contributed by atoms with van der Waals surface area (Å²) in [4.78, 5) is 11.9. The first-order chi connectivity index (χ1) is 9.95. The molecule has 0 fully saturated rings. The fourth-order valence-electron chi connectivity index (χ4n) is 2.11. The molecule has 1 aromatic carbocycles. The first kappa shape index (κ1) is 15.0. The predicted octanol–water partition coefficient (Wildman–Crippen LogP) is 3.76. The molecule has 4 heteroatoms. The summed E-state index contributed by atoms with van der Waals surface area (Å²) in [6, 6.07) is 8.08. The Labute approximate surface area is 123 Å². The zero-order valence-electron chi connectivity index (χ0n) is 12.4. The third-order valence-electron chi connectivity index (χ3n) is 3.22. The summed E-state index contributed by atoms with van der Waals surface area (Å²) in [5.41, 5.74) is 2.37. The van der Waals surface area contributed by atoms with E-state index < -0.39 is 0 Å². The first-order valence-corrected chi connectivity index (χ1v) is 6.73. The van der Waals surface area contributed by atoms with Gasteiger partial charge in [0, 0.05) is 18.2 Å². The van der Waals surface area contributed by atoms with Gasteiger partial charge in [-0.1, -0.05) is 12.1 Å². The number of aryl methyl sites for hydroxylation is 2. The van der Waals surface area contributed by atoms with Gasteiger partial charge in [-0.3, -0.25) is 4.79 Å². The molecule has 0 radical (unpaired) electrons. The van der Waals surface area contributed by atoms with Crippen LogP contribution in [0.2, 0.25) is 0 Å². The van der Waals surface area contributed by atoms with Gasteiger partial charge in [0.2, 0.25) is 5.91 Å². The molecule has 0 saturated heterocycles. The summed E-state index contributed by atoms with van der Waals surface area (Å²) in [7, 11) is 0. The molecule has 0 atom stereocenters. The van der Waals surface area contributed by atoms with E-state index in [0.29, 0.717) is 17.7 Å². The number of carbonyl (C=O) groups excluding carboxylic acids is 1. The molecule has 0 bridgehead atoms. The van der Waals surface area contributed by atoms with Crippen molar-refractivity contribution >= 4 is 11.5 Å². The molecular weight excluding hydrogens is 269 g/mol. The van der Waals surface area contributed by atoms with Gasteiger partial charge in [0.1, 0.15) is 17.3 Å². The van der Waals surface area contributed by atoms with E-state index in [-0.39, 0.29) is 11.7 Å². The van der Waals surface area contributed by atoms with Crippen LogP contribution in [0.3, 0.4) is 0 Å². The normalized spacial score (nSPS) is 11.5. The van der Waals surface area contributed by atoms with Crippen LogP contribution in [0, 0.1) is 19.7 Å². The number of benzene rings is 1. The van der Waals surface area contributed by atoms with E-state index in [1.807, 2.05) is 19.9 Å². The number of rotatable bonds is 4. The number of carbonyl (C=O) groups is 1. The fraction of sp³-hybridized carbons (Fsp3) is 0.235. The Bertz CT molecular complexity index is 686. The molecule has 1 N–H and O–H groups in total. The highest BCUT2D eigenvalue weighted by atomic mass is 19.1. The minimum atomic E-state index is -0.315. The van der Waals surface area contributed by atoms with Crippen LogP contribution >= 0.6 is 0 Å². The lowest BCUT2D eigenvalue weighted by Gasteiger charge is -2.04. The molecular formula is C17H18FNO2. The monoisotopic (exact) mass is 287 g/mol. The van der Waals surface area contributed by atoms with Crippen molar-refractivity contribution in [3.05, 3.63) is 64.9 Å². The summed E-state index contributed by atoms with van der Waals surface area (Å²) in [6.07, 6.45) is 1.47. The van der Waals surface area contributed by atoms with Gasteiger partial charge in [-0.2, -0.15) is 0 Å². The highest BCUT2D eigenvalue weighted by Gasteiger charge is 2.06. The second-order valence-corrected chi connectivity index (χ2v) is 4.99. The molecule has 2 rings (SSSR count). The maximum atomic E-state index is 13.1. The van der Waals surface area contributed by atoms with Crippen LogP contribution in [-0.2, 0) is 11.3 Å². The van der Waals surface area contributed by atoms with Gasteiger partial charge >= 0.3 is 0 Å². The molecule has 110 valence electrons. The van der Waals surface area contributed by atoms with E-state index in [9.17, 15) is 9.18 Å². The maximum Gasteiger partial charge on any atom is 0.244 e. The molecule has 21 heavy (non-hydrogen) atoms. The number of hydrogen-bond acceptors (Lipinski definition) is 2. The Kier molecular flexibility index (Phi) is 4.58. The lowest BCUT2D eigenvalue weighted by atomic mass is 10.1. The molecule has 0 aliphatic heterocycles. The molecule has 1 aromatic heterocycles. The van der Waals surface area contributed by atoms with Gasteiger partial charge in [-0.05, 0) is 50.1 Å². The average molecular weight is 287 g/mol. The molecule has 0 saturated carbocycles. The number of amides is 1. The van der Waals surface area contributed by atoms with Crippen molar-refractivity contribution in [3.8, 4) is 0 Å². The molecule has 0 aliphatic carbocycles. The van der Waals surface area contributed by atoms with Crippen LogP contribution in [0.5, 0.6) is 0 Å². The quantitative estimate of drug-likeness (QED) is 0.870. The zero-order chi connectivity index (χ0) is 15.4. The second kappa shape index (κ2) is 6.39. The largest absolute Gasteiger partial charge is 0.466 e. The Hall–Kier alpha value is -2.36. The van der Waals surface area contributed by atoms with Gasteiger partial charge in [0.15, 0.2) is 0 Å². The van der Waals surface area contributed by atoms with E-state index in [1.54, 1.807) is 19.1 Å². The number of halogens is 1. The van der Waals surface area contributed by atoms with Crippen molar-refractivity contribution in [1.29, 1.82) is 0 Å². The Morgan fingerprint density at radius 3 is 2.71 bits per heavy atom. The van der Waals surface area contributed by atoms with Crippen LogP contribution < -0.4 is 5.32 Å². The molecule has 0 aliphatic rings. The molecule has 1 heterocycles. The number of furan rings is 1. The minimum absolute atomic E-state index is 0.213. The SMILES string of the molecule is C/C(=C/C(=O)NCc1cc(C)oc1C)c1cccc(F)c1. The van der Waals surface area contributed by atoms with Crippen LogP contribution in [0.15, 0.2) is 40.8 Å². The molecule has 3 nitrogen and oxygen atoms in total. The third kappa shape index (κ3) is 4.05. The summed E-state index contributed by atoms with van der Waals surface area (Å²) in [6.45, 7) is 5.92. The Balaban J connectivity index is 2.00. The smallest absolute Gasteiger partial charge is 0.244 e. The van der Waals surface area contributed by atoms with Gasteiger partial charge < -0.3 is 9.73 Å². The van der Waals surface area contributed by atoms with Gasteiger partial charge in [-0.15, -0.1) is 0 Å². The second-order valence-electron chi connectivity index (χ2n) is 4.99. The summed E-state index contributed by atoms with van der Waals surface area (Å²) >= 11 is 0. The number of allylic oxidation sites excluding steroid dienone is 1. The van der Waals surface area contributed by atoms with Gasteiger partial charge in [-0.25, -0.2) is 4.39 Å². The third-order valence-corrected chi connectivity index (χ3v) is 3.22. The molecule has 1 amide bonds. The Morgan fingerprint density at radius 1 is 1.33 bits per heavy atom. The van der Waals surface area contributed by atoms with E-state index >= 15 is 0 Å². The standard InChI is InChI=1S/C17H18FNO2/c1-11(14-5-4-6-16(18)9-14)7-17(20)19-10-15-8-12(2)21-13(15)3/h4-9H,10H2,1-3H3,(H,19,20)/b11-7-. The maximum absolute atomic E-state index is 13.1. The fourth-order valence-corrected chi connectivity index (χ4v) is 2.11. The van der Waals surface area contributed by atoms with Crippen LogP contribution in [0.1, 0.15) is 29.6 Å². The average Bonchev–Trinajstić information content (AvgIpc) is 2.74. The van der Waals surface area contributed by atoms with Crippen molar-refractivity contribution < 1.29 is 13.6 Å². The van der Waals surface area contributed by atoms with E-state index in [4.69, 9.17) is 4.42 Å².